The highest BCUT2D eigenvalue weighted by Crippen LogP contribution is 2.45. The molecule has 0 fully saturated rings. The third-order valence-electron chi connectivity index (χ3n) is 5.87. The van der Waals surface area contributed by atoms with Gasteiger partial charge in [-0.3, -0.25) is 14.7 Å². The number of methoxy groups -OCH3 is 2. The first-order valence-corrected chi connectivity index (χ1v) is 11.7. The van der Waals surface area contributed by atoms with Gasteiger partial charge in [-0.15, -0.1) is 0 Å². The Labute approximate surface area is 209 Å². The molecule has 0 aliphatic carbocycles. The van der Waals surface area contributed by atoms with Gasteiger partial charge < -0.3 is 9.47 Å². The minimum atomic E-state index is -0.366. The van der Waals surface area contributed by atoms with E-state index in [2.05, 4.69) is 0 Å². The van der Waals surface area contributed by atoms with Crippen molar-refractivity contribution in [2.24, 2.45) is 10.9 Å². The maximum Gasteiger partial charge on any atom is 0.231 e. The van der Waals surface area contributed by atoms with E-state index in [0.29, 0.717) is 32.9 Å². The van der Waals surface area contributed by atoms with E-state index in [9.17, 15) is 4.79 Å². The van der Waals surface area contributed by atoms with E-state index in [1.165, 1.54) is 0 Å². The van der Waals surface area contributed by atoms with E-state index in [-0.39, 0.29) is 23.9 Å². The first kappa shape index (κ1) is 24.1. The molecule has 0 saturated heterocycles. The SMILES string of the molecule is COc1ccc(C2=NC(c3ccc(Cl)cc3)C(c3ccc(Cl)cc3)N2C(=O)C(C)C)c(OC)c1. The second-order valence-electron chi connectivity index (χ2n) is 8.37. The predicted octanol–water partition coefficient (Wildman–Crippen LogP) is 6.74. The lowest BCUT2D eigenvalue weighted by Gasteiger charge is -2.31. The molecule has 2 unspecified atom stereocenters. The van der Waals surface area contributed by atoms with Crippen molar-refractivity contribution in [1.29, 1.82) is 0 Å². The van der Waals surface area contributed by atoms with Gasteiger partial charge in [-0.25, -0.2) is 0 Å². The van der Waals surface area contributed by atoms with Gasteiger partial charge in [-0.1, -0.05) is 61.3 Å². The van der Waals surface area contributed by atoms with Crippen LogP contribution in [0.3, 0.4) is 0 Å². The van der Waals surface area contributed by atoms with Gasteiger partial charge in [0.2, 0.25) is 5.91 Å². The monoisotopic (exact) mass is 496 g/mol. The standard InChI is InChI=1S/C27H26Cl2N2O3/c1-16(2)27(32)31-25(18-7-11-20(29)12-8-18)24(17-5-9-19(28)10-6-17)30-26(31)22-14-13-21(33-3)15-23(22)34-4/h5-16,24-25H,1-4H3. The first-order valence-electron chi connectivity index (χ1n) is 11.0. The summed E-state index contributed by atoms with van der Waals surface area (Å²) < 4.78 is 11.0. The molecule has 1 amide bonds. The summed E-state index contributed by atoms with van der Waals surface area (Å²) >= 11 is 12.3. The number of nitrogens with zero attached hydrogens (tertiary/aromatic N) is 2. The highest BCUT2D eigenvalue weighted by Gasteiger charge is 2.43. The van der Waals surface area contributed by atoms with Crippen molar-refractivity contribution in [2.45, 2.75) is 25.9 Å². The van der Waals surface area contributed by atoms with Crippen molar-refractivity contribution in [3.8, 4) is 11.5 Å². The summed E-state index contributed by atoms with van der Waals surface area (Å²) in [5.41, 5.74) is 2.60. The van der Waals surface area contributed by atoms with Crippen LogP contribution in [-0.4, -0.2) is 30.9 Å². The number of rotatable bonds is 6. The Balaban J connectivity index is 1.94. The number of aliphatic imine (C=N–C) groups is 1. The van der Waals surface area contributed by atoms with Gasteiger partial charge in [-0.05, 0) is 47.5 Å². The lowest BCUT2D eigenvalue weighted by atomic mass is 9.93. The van der Waals surface area contributed by atoms with Crippen LogP contribution in [0.4, 0.5) is 0 Å². The molecular formula is C27H26Cl2N2O3. The Morgan fingerprint density at radius 3 is 2.00 bits per heavy atom. The largest absolute Gasteiger partial charge is 0.497 e. The number of halogens is 2. The molecule has 0 spiro atoms. The number of benzene rings is 3. The molecule has 176 valence electrons. The highest BCUT2D eigenvalue weighted by molar-refractivity contribution is 6.30. The van der Waals surface area contributed by atoms with Crippen LogP contribution >= 0.6 is 23.2 Å². The van der Waals surface area contributed by atoms with Crippen LogP contribution in [0.5, 0.6) is 11.5 Å². The normalized spacial score (nSPS) is 17.6. The van der Waals surface area contributed by atoms with Crippen LogP contribution in [0.1, 0.15) is 42.6 Å². The van der Waals surface area contributed by atoms with Crippen LogP contribution in [0.2, 0.25) is 10.0 Å². The van der Waals surface area contributed by atoms with Crippen molar-refractivity contribution >= 4 is 34.9 Å². The molecule has 0 bridgehead atoms. The second-order valence-corrected chi connectivity index (χ2v) is 9.25. The molecule has 1 aliphatic rings. The highest BCUT2D eigenvalue weighted by atomic mass is 35.5. The maximum absolute atomic E-state index is 13.7. The average Bonchev–Trinajstić information content (AvgIpc) is 3.24. The van der Waals surface area contributed by atoms with Gasteiger partial charge in [0.25, 0.3) is 0 Å². The fraction of sp³-hybridized carbons (Fsp3) is 0.259. The van der Waals surface area contributed by atoms with Crippen molar-refractivity contribution in [3.05, 3.63) is 93.5 Å². The van der Waals surface area contributed by atoms with Crippen molar-refractivity contribution in [1.82, 2.24) is 4.90 Å². The van der Waals surface area contributed by atoms with Crippen LogP contribution in [0.25, 0.3) is 0 Å². The fourth-order valence-electron chi connectivity index (χ4n) is 4.15. The molecule has 3 aromatic carbocycles. The molecule has 0 aromatic heterocycles. The number of carbonyl (C=O) groups excluding carboxylic acids is 1. The van der Waals surface area contributed by atoms with Crippen molar-refractivity contribution < 1.29 is 14.3 Å². The molecule has 2 atom stereocenters. The molecule has 0 radical (unpaired) electrons. The Morgan fingerprint density at radius 2 is 1.47 bits per heavy atom. The Bertz CT molecular complexity index is 1210. The lowest BCUT2D eigenvalue weighted by Crippen LogP contribution is -2.40. The van der Waals surface area contributed by atoms with Gasteiger partial charge in [0.15, 0.2) is 0 Å². The second kappa shape index (κ2) is 10.1. The van der Waals surface area contributed by atoms with Crippen LogP contribution in [0, 0.1) is 5.92 Å². The number of amides is 1. The summed E-state index contributed by atoms with van der Waals surface area (Å²) in [6, 6.07) is 19.9. The van der Waals surface area contributed by atoms with E-state index < -0.39 is 0 Å². The third kappa shape index (κ3) is 4.63. The Kier molecular flexibility index (Phi) is 7.15. The molecular weight excluding hydrogens is 471 g/mol. The molecule has 7 heteroatoms. The molecule has 0 N–H and O–H groups in total. The fourth-order valence-corrected chi connectivity index (χ4v) is 4.40. The summed E-state index contributed by atoms with van der Waals surface area (Å²) in [6.45, 7) is 3.78. The number of hydrogen-bond acceptors (Lipinski definition) is 4. The quantitative estimate of drug-likeness (QED) is 0.379. The Hall–Kier alpha value is -3.02. The number of amidine groups is 1. The summed E-state index contributed by atoms with van der Waals surface area (Å²) in [7, 11) is 3.19. The first-order chi connectivity index (χ1) is 16.3. The summed E-state index contributed by atoms with van der Waals surface area (Å²) in [6.07, 6.45) is 0. The summed E-state index contributed by atoms with van der Waals surface area (Å²) in [5.74, 6) is 1.51. The maximum atomic E-state index is 13.7. The number of ether oxygens (including phenoxy) is 2. The van der Waals surface area contributed by atoms with Crippen molar-refractivity contribution in [2.75, 3.05) is 14.2 Å². The molecule has 5 nitrogen and oxygen atoms in total. The smallest absolute Gasteiger partial charge is 0.231 e. The van der Waals surface area contributed by atoms with E-state index in [4.69, 9.17) is 37.7 Å². The topological polar surface area (TPSA) is 51.1 Å². The summed E-state index contributed by atoms with van der Waals surface area (Å²) in [5, 5.41) is 1.27. The Morgan fingerprint density at radius 1 is 0.882 bits per heavy atom. The predicted molar refractivity (Wildman–Crippen MR) is 136 cm³/mol. The molecule has 4 rings (SSSR count). The average molecular weight is 497 g/mol. The van der Waals surface area contributed by atoms with Crippen LogP contribution in [-0.2, 0) is 4.79 Å². The zero-order chi connectivity index (χ0) is 24.4. The number of carbonyl (C=O) groups is 1. The van der Waals surface area contributed by atoms with Gasteiger partial charge in [0.05, 0.1) is 25.8 Å². The lowest BCUT2D eigenvalue weighted by molar-refractivity contribution is -0.132. The zero-order valence-corrected chi connectivity index (χ0v) is 21.0. The van der Waals surface area contributed by atoms with E-state index in [1.54, 1.807) is 25.2 Å². The molecule has 34 heavy (non-hydrogen) atoms. The third-order valence-corrected chi connectivity index (χ3v) is 6.37. The van der Waals surface area contributed by atoms with Crippen molar-refractivity contribution in [3.63, 3.8) is 0 Å². The number of hydrogen-bond donors (Lipinski definition) is 0. The van der Waals surface area contributed by atoms with Crippen LogP contribution < -0.4 is 9.47 Å². The van der Waals surface area contributed by atoms with E-state index in [1.807, 2.05) is 74.5 Å². The molecule has 0 saturated carbocycles. The van der Waals surface area contributed by atoms with E-state index >= 15 is 0 Å². The minimum Gasteiger partial charge on any atom is -0.497 e. The molecule has 1 aliphatic heterocycles. The minimum absolute atomic E-state index is 0.0342. The molecule has 1 heterocycles. The van der Waals surface area contributed by atoms with Gasteiger partial charge in [0, 0.05) is 22.0 Å². The van der Waals surface area contributed by atoms with Gasteiger partial charge in [0.1, 0.15) is 23.4 Å². The van der Waals surface area contributed by atoms with Gasteiger partial charge >= 0.3 is 0 Å². The van der Waals surface area contributed by atoms with E-state index in [0.717, 1.165) is 11.1 Å². The summed E-state index contributed by atoms with van der Waals surface area (Å²) in [4.78, 5) is 20.6. The van der Waals surface area contributed by atoms with Gasteiger partial charge in [-0.2, -0.15) is 0 Å². The zero-order valence-electron chi connectivity index (χ0n) is 19.5. The van der Waals surface area contributed by atoms with Crippen LogP contribution in [0.15, 0.2) is 71.7 Å². The molecule has 3 aromatic rings.